The highest BCUT2D eigenvalue weighted by Crippen LogP contribution is 2.22. The van der Waals surface area contributed by atoms with Gasteiger partial charge in [-0.2, -0.15) is 0 Å². The molecule has 0 radical (unpaired) electrons. The zero-order valence-corrected chi connectivity index (χ0v) is 11.2. The second-order valence-electron chi connectivity index (χ2n) is 4.43. The summed E-state index contributed by atoms with van der Waals surface area (Å²) in [6.45, 7) is 2.78. The van der Waals surface area contributed by atoms with Gasteiger partial charge in [-0.15, -0.1) is 6.42 Å². The summed E-state index contributed by atoms with van der Waals surface area (Å²) in [5.74, 6) is 3.57. The summed E-state index contributed by atoms with van der Waals surface area (Å²) in [7, 11) is 0. The van der Waals surface area contributed by atoms with Gasteiger partial charge in [0.05, 0.1) is 6.61 Å². The molecule has 0 unspecified atom stereocenters. The Morgan fingerprint density at radius 3 is 2.74 bits per heavy atom. The van der Waals surface area contributed by atoms with E-state index in [0.29, 0.717) is 0 Å². The van der Waals surface area contributed by atoms with Gasteiger partial charge in [-0.25, -0.2) is 0 Å². The summed E-state index contributed by atoms with van der Waals surface area (Å²) in [6.07, 6.45) is 11.7. The molecular weight excluding hydrogens is 232 g/mol. The normalized spacial score (nSPS) is 10.7. The van der Waals surface area contributed by atoms with Crippen molar-refractivity contribution in [1.82, 2.24) is 0 Å². The van der Waals surface area contributed by atoms with Gasteiger partial charge in [0.15, 0.2) is 0 Å². The molecule has 0 atom stereocenters. The lowest BCUT2D eigenvalue weighted by atomic mass is 10.1. The molecule has 0 N–H and O–H groups in total. The summed E-state index contributed by atoms with van der Waals surface area (Å²) in [4.78, 5) is 0. The van der Waals surface area contributed by atoms with Gasteiger partial charge in [0.1, 0.15) is 5.75 Å². The summed E-state index contributed by atoms with van der Waals surface area (Å²) in [5, 5.41) is 2.31. The number of allylic oxidation sites excluding steroid dienone is 2. The lowest BCUT2D eigenvalue weighted by Gasteiger charge is -2.07. The van der Waals surface area contributed by atoms with Crippen molar-refractivity contribution in [1.29, 1.82) is 0 Å². The monoisotopic (exact) mass is 250 g/mol. The minimum Gasteiger partial charge on any atom is -0.494 e. The highest BCUT2D eigenvalue weighted by atomic mass is 16.5. The number of ether oxygens (including phenoxy) is 1. The third-order valence-electron chi connectivity index (χ3n) is 3.00. The Hall–Kier alpha value is -2.20. The van der Waals surface area contributed by atoms with Crippen LogP contribution >= 0.6 is 0 Å². The van der Waals surface area contributed by atoms with Crippen LogP contribution in [0.25, 0.3) is 10.8 Å². The van der Waals surface area contributed by atoms with Crippen LogP contribution in [-0.2, 0) is 0 Å². The Morgan fingerprint density at radius 1 is 1.16 bits per heavy atom. The van der Waals surface area contributed by atoms with Crippen molar-refractivity contribution in [2.45, 2.75) is 19.8 Å². The van der Waals surface area contributed by atoms with Gasteiger partial charge in [0.2, 0.25) is 0 Å². The van der Waals surface area contributed by atoms with Gasteiger partial charge in [-0.1, -0.05) is 30.2 Å². The molecule has 0 spiro atoms. The fraction of sp³-hybridized carbons (Fsp3) is 0.222. The molecule has 0 aliphatic rings. The first-order valence-corrected chi connectivity index (χ1v) is 6.58. The summed E-state index contributed by atoms with van der Waals surface area (Å²) in [6, 6.07) is 12.1. The van der Waals surface area contributed by atoms with Crippen molar-refractivity contribution in [3.05, 3.63) is 54.1 Å². The first kappa shape index (κ1) is 13.2. The molecule has 96 valence electrons. The zero-order chi connectivity index (χ0) is 13.5. The van der Waals surface area contributed by atoms with E-state index in [9.17, 15) is 0 Å². The third-order valence-corrected chi connectivity index (χ3v) is 3.00. The van der Waals surface area contributed by atoms with Gasteiger partial charge in [0, 0.05) is 5.56 Å². The van der Waals surface area contributed by atoms with E-state index in [-0.39, 0.29) is 0 Å². The van der Waals surface area contributed by atoms with E-state index < -0.39 is 0 Å². The summed E-state index contributed by atoms with van der Waals surface area (Å²) >= 11 is 0. The van der Waals surface area contributed by atoms with Crippen LogP contribution in [0.5, 0.6) is 5.75 Å². The minimum atomic E-state index is 0.748. The molecule has 0 saturated heterocycles. The van der Waals surface area contributed by atoms with Crippen molar-refractivity contribution in [3.8, 4) is 18.1 Å². The molecule has 0 saturated carbocycles. The Bertz CT molecular complexity index is 617. The highest BCUT2D eigenvalue weighted by molar-refractivity contribution is 5.85. The predicted molar refractivity (Wildman–Crippen MR) is 81.4 cm³/mol. The Labute approximate surface area is 114 Å². The van der Waals surface area contributed by atoms with E-state index in [1.54, 1.807) is 0 Å². The van der Waals surface area contributed by atoms with Crippen molar-refractivity contribution in [2.75, 3.05) is 6.61 Å². The number of hydrogen-bond acceptors (Lipinski definition) is 1. The molecule has 2 rings (SSSR count). The molecular formula is C18H18O. The van der Waals surface area contributed by atoms with Crippen LogP contribution in [-0.4, -0.2) is 6.61 Å². The van der Waals surface area contributed by atoms with Crippen molar-refractivity contribution >= 4 is 10.8 Å². The molecule has 1 heteroatoms. The highest BCUT2D eigenvalue weighted by Gasteiger charge is 1.98. The van der Waals surface area contributed by atoms with Gasteiger partial charge in [-0.05, 0) is 54.8 Å². The van der Waals surface area contributed by atoms with Crippen LogP contribution in [0.1, 0.15) is 25.3 Å². The van der Waals surface area contributed by atoms with E-state index in [0.717, 1.165) is 41.5 Å². The van der Waals surface area contributed by atoms with Crippen molar-refractivity contribution in [3.63, 3.8) is 0 Å². The average molecular weight is 250 g/mol. The average Bonchev–Trinajstić information content (AvgIpc) is 2.46. The molecule has 0 fully saturated rings. The number of terminal acetylenes is 1. The molecule has 0 aliphatic carbocycles. The quantitative estimate of drug-likeness (QED) is 0.429. The Kier molecular flexibility index (Phi) is 4.64. The molecule has 0 amide bonds. The van der Waals surface area contributed by atoms with Crippen LogP contribution < -0.4 is 4.74 Å². The number of unbranched alkanes of at least 4 members (excludes halogenated alkanes) is 1. The van der Waals surface area contributed by atoms with Crippen molar-refractivity contribution in [2.24, 2.45) is 0 Å². The van der Waals surface area contributed by atoms with Crippen LogP contribution in [0.15, 0.2) is 48.6 Å². The molecule has 0 aromatic heterocycles. The topological polar surface area (TPSA) is 9.23 Å². The Balaban J connectivity index is 2.03. The van der Waals surface area contributed by atoms with E-state index >= 15 is 0 Å². The maximum Gasteiger partial charge on any atom is 0.119 e. The largest absolute Gasteiger partial charge is 0.494 e. The van der Waals surface area contributed by atoms with Crippen LogP contribution in [0.2, 0.25) is 0 Å². The number of fused-ring (bicyclic) bond motifs is 1. The second-order valence-corrected chi connectivity index (χ2v) is 4.43. The van der Waals surface area contributed by atoms with E-state index in [1.165, 1.54) is 0 Å². The van der Waals surface area contributed by atoms with Crippen LogP contribution in [0.4, 0.5) is 0 Å². The molecule has 1 nitrogen and oxygen atoms in total. The molecule has 2 aromatic rings. The molecule has 0 bridgehead atoms. The second kappa shape index (κ2) is 6.66. The first-order chi connectivity index (χ1) is 9.33. The number of benzene rings is 2. The van der Waals surface area contributed by atoms with Gasteiger partial charge in [0.25, 0.3) is 0 Å². The fourth-order valence-electron chi connectivity index (χ4n) is 1.96. The lowest BCUT2D eigenvalue weighted by Crippen LogP contribution is -1.96. The first-order valence-electron chi connectivity index (χ1n) is 6.58. The van der Waals surface area contributed by atoms with Crippen LogP contribution in [0, 0.1) is 12.3 Å². The van der Waals surface area contributed by atoms with E-state index in [4.69, 9.17) is 11.2 Å². The standard InChI is InChI=1S/C18H18O/c1-3-5-6-7-12-19-18-11-10-16-13-15(4-2)8-9-17(16)14-18/h2-3,5,8-11,13-14H,6-7,12H2,1H3/b5-3-. The van der Waals surface area contributed by atoms with Crippen molar-refractivity contribution < 1.29 is 4.74 Å². The van der Waals surface area contributed by atoms with Gasteiger partial charge >= 0.3 is 0 Å². The maximum atomic E-state index is 5.74. The molecule has 19 heavy (non-hydrogen) atoms. The Morgan fingerprint density at radius 2 is 1.95 bits per heavy atom. The van der Waals surface area contributed by atoms with E-state index in [2.05, 4.69) is 30.2 Å². The zero-order valence-electron chi connectivity index (χ0n) is 11.2. The fourth-order valence-corrected chi connectivity index (χ4v) is 1.96. The summed E-state index contributed by atoms with van der Waals surface area (Å²) < 4.78 is 5.74. The van der Waals surface area contributed by atoms with Gasteiger partial charge < -0.3 is 4.74 Å². The maximum absolute atomic E-state index is 5.74. The molecule has 2 aromatic carbocycles. The third kappa shape index (κ3) is 3.63. The van der Waals surface area contributed by atoms with Crippen LogP contribution in [0.3, 0.4) is 0 Å². The molecule has 0 heterocycles. The molecule has 0 aliphatic heterocycles. The predicted octanol–water partition coefficient (Wildman–Crippen LogP) is 4.56. The number of rotatable bonds is 5. The SMILES string of the molecule is C#Cc1ccc2cc(OCCC/C=C\C)ccc2c1. The number of hydrogen-bond donors (Lipinski definition) is 0. The smallest absolute Gasteiger partial charge is 0.119 e. The minimum absolute atomic E-state index is 0.748. The van der Waals surface area contributed by atoms with E-state index in [1.807, 2.05) is 31.2 Å². The van der Waals surface area contributed by atoms with Gasteiger partial charge in [-0.3, -0.25) is 0 Å². The summed E-state index contributed by atoms with van der Waals surface area (Å²) in [5.41, 5.74) is 0.910. The lowest BCUT2D eigenvalue weighted by molar-refractivity contribution is 0.312.